The number of hydrogen-bond donors (Lipinski definition) is 0. The van der Waals surface area contributed by atoms with E-state index in [9.17, 15) is 13.2 Å². The summed E-state index contributed by atoms with van der Waals surface area (Å²) in [5.74, 6) is 0.0219. The van der Waals surface area contributed by atoms with Crippen molar-refractivity contribution < 1.29 is 17.9 Å². The van der Waals surface area contributed by atoms with Crippen molar-refractivity contribution in [3.63, 3.8) is 0 Å². The summed E-state index contributed by atoms with van der Waals surface area (Å²) >= 11 is 0. The van der Waals surface area contributed by atoms with Crippen LogP contribution in [-0.2, 0) is 14.6 Å². The highest BCUT2D eigenvalue weighted by Gasteiger charge is 2.47. The fourth-order valence-corrected chi connectivity index (χ4v) is 6.15. The number of aromatic nitrogens is 1. The van der Waals surface area contributed by atoms with E-state index in [0.29, 0.717) is 31.8 Å². The maximum atomic E-state index is 13.2. The van der Waals surface area contributed by atoms with E-state index in [-0.39, 0.29) is 29.5 Å². The smallest absolute Gasteiger partial charge is 0.254 e. The topological polar surface area (TPSA) is 79.8 Å². The minimum Gasteiger partial charge on any atom is -0.383 e. The molecule has 4 rings (SSSR count). The zero-order chi connectivity index (χ0) is 19.0. The number of rotatable bonds is 4. The van der Waals surface area contributed by atoms with Crippen molar-refractivity contribution >= 4 is 26.6 Å². The van der Waals surface area contributed by atoms with E-state index in [0.717, 1.165) is 10.9 Å². The van der Waals surface area contributed by atoms with Crippen molar-refractivity contribution in [3.8, 4) is 0 Å². The molecule has 0 aliphatic carbocycles. The van der Waals surface area contributed by atoms with Crippen molar-refractivity contribution in [2.75, 3.05) is 44.9 Å². The van der Waals surface area contributed by atoms with E-state index in [1.165, 1.54) is 0 Å². The summed E-state index contributed by atoms with van der Waals surface area (Å²) in [5.41, 5.74) is 1.41. The van der Waals surface area contributed by atoms with E-state index < -0.39 is 9.84 Å². The maximum Gasteiger partial charge on any atom is 0.254 e. The molecule has 144 valence electrons. The van der Waals surface area contributed by atoms with Gasteiger partial charge in [-0.1, -0.05) is 6.07 Å². The number of nitrogens with zero attached hydrogens (tertiary/aromatic N) is 3. The largest absolute Gasteiger partial charge is 0.383 e. The molecule has 2 aliphatic heterocycles. The molecule has 0 saturated carbocycles. The highest BCUT2D eigenvalue weighted by atomic mass is 32.2. The standard InChI is InChI=1S/C19H23N3O4S/c1-26-10-9-21-7-8-22(18-13-27(24,25)12-17(18)21)19(23)15-4-5-16-14(11-15)3-2-6-20-16/h2-6,11,17-18H,7-10,12-13H2,1H3. The summed E-state index contributed by atoms with van der Waals surface area (Å²) in [4.78, 5) is 21.4. The Morgan fingerprint density at radius 3 is 2.85 bits per heavy atom. The van der Waals surface area contributed by atoms with Crippen LogP contribution >= 0.6 is 0 Å². The number of fused-ring (bicyclic) bond motifs is 2. The third-order valence-corrected chi connectivity index (χ3v) is 7.18. The van der Waals surface area contributed by atoms with E-state index in [1.54, 1.807) is 24.3 Å². The zero-order valence-electron chi connectivity index (χ0n) is 15.2. The second-order valence-electron chi connectivity index (χ2n) is 7.15. The number of amides is 1. The predicted octanol–water partition coefficient (Wildman–Crippen LogP) is 0.805. The second kappa shape index (κ2) is 7.18. The van der Waals surface area contributed by atoms with Crippen LogP contribution in [0.4, 0.5) is 0 Å². The SMILES string of the molecule is COCCN1CCN(C(=O)c2ccc3ncccc3c2)C2CS(=O)(=O)CC21. The summed E-state index contributed by atoms with van der Waals surface area (Å²) in [6.07, 6.45) is 1.72. The third-order valence-electron chi connectivity index (χ3n) is 5.48. The molecule has 8 heteroatoms. The van der Waals surface area contributed by atoms with Crippen molar-refractivity contribution in [2.24, 2.45) is 0 Å². The first-order chi connectivity index (χ1) is 13.0. The molecule has 1 amide bonds. The van der Waals surface area contributed by atoms with Gasteiger partial charge in [-0.25, -0.2) is 8.42 Å². The lowest BCUT2D eigenvalue weighted by molar-refractivity contribution is 0.0247. The van der Waals surface area contributed by atoms with E-state index in [2.05, 4.69) is 9.88 Å². The van der Waals surface area contributed by atoms with Crippen LogP contribution in [0.5, 0.6) is 0 Å². The first kappa shape index (κ1) is 18.3. The summed E-state index contributed by atoms with van der Waals surface area (Å²) in [6, 6.07) is 8.73. The predicted molar refractivity (Wildman–Crippen MR) is 102 cm³/mol. The molecule has 1 aromatic carbocycles. The number of sulfone groups is 1. The van der Waals surface area contributed by atoms with Gasteiger partial charge in [0.25, 0.3) is 5.91 Å². The number of methoxy groups -OCH3 is 1. The van der Waals surface area contributed by atoms with Crippen molar-refractivity contribution in [3.05, 3.63) is 42.1 Å². The van der Waals surface area contributed by atoms with Gasteiger partial charge in [-0.2, -0.15) is 0 Å². The molecule has 7 nitrogen and oxygen atoms in total. The molecule has 2 saturated heterocycles. The van der Waals surface area contributed by atoms with Crippen molar-refractivity contribution in [1.29, 1.82) is 0 Å². The Kier molecular flexibility index (Phi) is 4.88. The molecule has 1 aromatic heterocycles. The molecule has 2 aliphatic rings. The van der Waals surface area contributed by atoms with Gasteiger partial charge in [0.1, 0.15) is 0 Å². The average Bonchev–Trinajstić information content (AvgIpc) is 3.00. The fraction of sp³-hybridized carbons (Fsp3) is 0.474. The van der Waals surface area contributed by atoms with Crippen LogP contribution in [0.2, 0.25) is 0 Å². The average molecular weight is 389 g/mol. The molecule has 2 atom stereocenters. The summed E-state index contributed by atoms with van der Waals surface area (Å²) in [7, 11) is -1.52. The molecule has 0 radical (unpaired) electrons. The van der Waals surface area contributed by atoms with Crippen molar-refractivity contribution in [2.45, 2.75) is 12.1 Å². The molecule has 3 heterocycles. The minimum atomic E-state index is -3.16. The number of carbonyl (C=O) groups excluding carboxylic acids is 1. The quantitative estimate of drug-likeness (QED) is 0.770. The van der Waals surface area contributed by atoms with Crippen LogP contribution in [0.25, 0.3) is 10.9 Å². The highest BCUT2D eigenvalue weighted by Crippen LogP contribution is 2.28. The number of pyridine rings is 1. The normalized spacial score (nSPS) is 24.9. The Balaban J connectivity index is 1.61. The molecule has 2 aromatic rings. The lowest BCUT2D eigenvalue weighted by Gasteiger charge is -2.43. The van der Waals surface area contributed by atoms with Crippen LogP contribution in [-0.4, -0.2) is 86.0 Å². The van der Waals surface area contributed by atoms with Gasteiger partial charge in [0.15, 0.2) is 9.84 Å². The summed E-state index contributed by atoms with van der Waals surface area (Å²) in [6.45, 7) is 2.40. The van der Waals surface area contributed by atoms with Gasteiger partial charge in [0.05, 0.1) is 29.7 Å². The molecular formula is C19H23N3O4S. The third kappa shape index (κ3) is 3.56. The zero-order valence-corrected chi connectivity index (χ0v) is 16.1. The van der Waals surface area contributed by atoms with Crippen LogP contribution in [0.3, 0.4) is 0 Å². The maximum absolute atomic E-state index is 13.2. The van der Waals surface area contributed by atoms with Gasteiger partial charge in [-0.15, -0.1) is 0 Å². The van der Waals surface area contributed by atoms with Gasteiger partial charge in [-0.05, 0) is 24.3 Å². The monoisotopic (exact) mass is 389 g/mol. The summed E-state index contributed by atoms with van der Waals surface area (Å²) in [5, 5.41) is 0.901. The van der Waals surface area contributed by atoms with Crippen LogP contribution in [0, 0.1) is 0 Å². The van der Waals surface area contributed by atoms with Crippen LogP contribution in [0.15, 0.2) is 36.5 Å². The Hall–Kier alpha value is -2.03. The Morgan fingerprint density at radius 1 is 1.22 bits per heavy atom. The molecule has 0 spiro atoms. The molecule has 0 bridgehead atoms. The van der Waals surface area contributed by atoms with Gasteiger partial charge in [0.2, 0.25) is 0 Å². The summed E-state index contributed by atoms with van der Waals surface area (Å²) < 4.78 is 29.7. The van der Waals surface area contributed by atoms with Gasteiger partial charge in [-0.3, -0.25) is 14.7 Å². The lowest BCUT2D eigenvalue weighted by Crippen LogP contribution is -2.61. The first-order valence-corrected chi connectivity index (χ1v) is 10.9. The first-order valence-electron chi connectivity index (χ1n) is 9.08. The molecule has 0 N–H and O–H groups in total. The fourth-order valence-electron chi connectivity index (χ4n) is 4.14. The number of piperazine rings is 1. The van der Waals surface area contributed by atoms with Gasteiger partial charge in [0, 0.05) is 49.9 Å². The lowest BCUT2D eigenvalue weighted by atomic mass is 10.0. The number of benzene rings is 1. The highest BCUT2D eigenvalue weighted by molar-refractivity contribution is 7.91. The van der Waals surface area contributed by atoms with E-state index in [4.69, 9.17) is 4.74 Å². The van der Waals surface area contributed by atoms with E-state index in [1.807, 2.05) is 24.3 Å². The number of ether oxygens (including phenoxy) is 1. The van der Waals surface area contributed by atoms with E-state index >= 15 is 0 Å². The van der Waals surface area contributed by atoms with Crippen molar-refractivity contribution in [1.82, 2.24) is 14.8 Å². The molecule has 2 fully saturated rings. The molecule has 27 heavy (non-hydrogen) atoms. The Bertz CT molecular complexity index is 962. The molecule has 2 unspecified atom stereocenters. The van der Waals surface area contributed by atoms with Gasteiger partial charge >= 0.3 is 0 Å². The Labute approximate surface area is 158 Å². The minimum absolute atomic E-state index is 0.0298. The number of carbonyl (C=O) groups is 1. The molecular weight excluding hydrogens is 366 g/mol. The Morgan fingerprint density at radius 2 is 2.04 bits per heavy atom. The number of hydrogen-bond acceptors (Lipinski definition) is 6. The second-order valence-corrected chi connectivity index (χ2v) is 9.30. The van der Waals surface area contributed by atoms with Crippen LogP contribution < -0.4 is 0 Å². The van der Waals surface area contributed by atoms with Crippen LogP contribution in [0.1, 0.15) is 10.4 Å². The van der Waals surface area contributed by atoms with Gasteiger partial charge < -0.3 is 9.64 Å².